The minimum absolute atomic E-state index is 0.107. The predicted molar refractivity (Wildman–Crippen MR) is 178 cm³/mol. The van der Waals surface area contributed by atoms with Crippen LogP contribution < -0.4 is 10.6 Å². The average Bonchev–Trinajstić information content (AvgIpc) is 3.63. The fourth-order valence-corrected chi connectivity index (χ4v) is 4.35. The van der Waals surface area contributed by atoms with Gasteiger partial charge in [0, 0.05) is 56.2 Å². The number of rotatable bonds is 9. The SMILES string of the molecule is CCC.CCCN(CCC)C(=O)N(C)C.Cc1cccc(-c2csc(NC(=O)CNC(=O)c3ccn(C(C)(C)C)c3)n2)n1. The summed E-state index contributed by atoms with van der Waals surface area (Å²) in [6, 6.07) is 7.56. The number of carbonyl (C=O) groups excluding carboxylic acids is 3. The lowest BCUT2D eigenvalue weighted by atomic mass is 10.1. The molecule has 0 radical (unpaired) electrons. The molecule has 3 rings (SSSR count). The van der Waals surface area contributed by atoms with Crippen LogP contribution in [-0.4, -0.2) is 75.9 Å². The number of aryl methyl sites for hydroxylation is 1. The summed E-state index contributed by atoms with van der Waals surface area (Å²) in [5.74, 6) is -0.622. The van der Waals surface area contributed by atoms with Crippen LogP contribution in [0.15, 0.2) is 42.0 Å². The monoisotopic (exact) mass is 613 g/mol. The third kappa shape index (κ3) is 13.4. The van der Waals surface area contributed by atoms with Gasteiger partial charge in [0.05, 0.1) is 17.8 Å². The number of urea groups is 1. The minimum atomic E-state index is -0.332. The number of nitrogens with one attached hydrogen (secondary N) is 2. The topological polar surface area (TPSA) is 112 Å². The third-order valence-electron chi connectivity index (χ3n) is 5.68. The first-order chi connectivity index (χ1) is 20.3. The van der Waals surface area contributed by atoms with E-state index in [-0.39, 0.29) is 29.9 Å². The highest BCUT2D eigenvalue weighted by molar-refractivity contribution is 7.14. The van der Waals surface area contributed by atoms with Crippen LogP contribution in [0.4, 0.5) is 9.93 Å². The Kier molecular flexibility index (Phi) is 16.2. The number of pyridine rings is 1. The first kappa shape index (κ1) is 37.3. The van der Waals surface area contributed by atoms with E-state index in [2.05, 4.69) is 69.1 Å². The maximum absolute atomic E-state index is 12.2. The molecule has 238 valence electrons. The summed E-state index contributed by atoms with van der Waals surface area (Å²) in [6.45, 7) is 18.1. The summed E-state index contributed by atoms with van der Waals surface area (Å²) in [5.41, 5.74) is 2.78. The van der Waals surface area contributed by atoms with Crippen molar-refractivity contribution < 1.29 is 14.4 Å². The Labute approximate surface area is 261 Å². The van der Waals surface area contributed by atoms with Crippen LogP contribution in [0, 0.1) is 6.92 Å². The lowest BCUT2D eigenvalue weighted by Crippen LogP contribution is -2.40. The number of aromatic nitrogens is 3. The molecule has 0 spiro atoms. The number of thiazole rings is 1. The van der Waals surface area contributed by atoms with Crippen LogP contribution >= 0.6 is 11.3 Å². The minimum Gasteiger partial charge on any atom is -0.348 e. The lowest BCUT2D eigenvalue weighted by molar-refractivity contribution is -0.115. The summed E-state index contributed by atoms with van der Waals surface area (Å²) in [4.78, 5) is 48.2. The van der Waals surface area contributed by atoms with Crippen molar-refractivity contribution in [1.29, 1.82) is 0 Å². The van der Waals surface area contributed by atoms with E-state index in [1.165, 1.54) is 17.8 Å². The molecular formula is C32H51N7O3S. The second kappa shape index (κ2) is 18.7. The number of anilines is 1. The van der Waals surface area contributed by atoms with Crippen molar-refractivity contribution in [2.45, 2.75) is 80.2 Å². The van der Waals surface area contributed by atoms with Crippen molar-refractivity contribution in [3.8, 4) is 11.4 Å². The number of hydrogen-bond donors (Lipinski definition) is 2. The maximum atomic E-state index is 12.2. The Morgan fingerprint density at radius 2 is 1.58 bits per heavy atom. The molecule has 3 aromatic rings. The molecule has 2 N–H and O–H groups in total. The van der Waals surface area contributed by atoms with E-state index in [0.717, 1.165) is 37.3 Å². The Morgan fingerprint density at radius 1 is 0.953 bits per heavy atom. The normalized spacial score (nSPS) is 10.5. The Morgan fingerprint density at radius 3 is 2.09 bits per heavy atom. The molecule has 0 aliphatic carbocycles. The molecule has 0 aromatic carbocycles. The molecule has 3 heterocycles. The molecule has 3 aromatic heterocycles. The van der Waals surface area contributed by atoms with Gasteiger partial charge in [-0.2, -0.15) is 0 Å². The van der Waals surface area contributed by atoms with Gasteiger partial charge in [-0.3, -0.25) is 14.6 Å². The van der Waals surface area contributed by atoms with E-state index < -0.39 is 0 Å². The van der Waals surface area contributed by atoms with Gasteiger partial charge >= 0.3 is 6.03 Å². The van der Waals surface area contributed by atoms with Gasteiger partial charge in [-0.1, -0.05) is 40.2 Å². The van der Waals surface area contributed by atoms with Crippen LogP contribution in [0.2, 0.25) is 0 Å². The van der Waals surface area contributed by atoms with Crippen molar-refractivity contribution >= 4 is 34.3 Å². The van der Waals surface area contributed by atoms with Crippen LogP contribution in [0.5, 0.6) is 0 Å². The van der Waals surface area contributed by atoms with Gasteiger partial charge in [0.15, 0.2) is 5.13 Å². The van der Waals surface area contributed by atoms with Crippen LogP contribution in [0.1, 0.15) is 83.8 Å². The van der Waals surface area contributed by atoms with E-state index in [9.17, 15) is 14.4 Å². The second-order valence-corrected chi connectivity index (χ2v) is 12.1. The van der Waals surface area contributed by atoms with Gasteiger partial charge in [-0.25, -0.2) is 9.78 Å². The van der Waals surface area contributed by atoms with Crippen LogP contribution in [-0.2, 0) is 10.3 Å². The number of nitrogens with zero attached hydrogens (tertiary/aromatic N) is 5. The van der Waals surface area contributed by atoms with Crippen molar-refractivity contribution in [2.24, 2.45) is 0 Å². The smallest absolute Gasteiger partial charge is 0.319 e. The zero-order chi connectivity index (χ0) is 32.6. The summed E-state index contributed by atoms with van der Waals surface area (Å²) >= 11 is 1.32. The standard InChI is InChI=1S/C20H23N5O2S.C9H20N2O.C3H8/c1-13-6-5-7-15(22-13)16-12-28-19(23-16)24-17(26)10-21-18(27)14-8-9-25(11-14)20(2,3)4;1-5-7-11(8-6-2)9(12)10(3)4;1-3-2/h5-9,11-12H,10H2,1-4H3,(H,21,27)(H,23,24,26);5-8H2,1-4H3;3H2,1-2H3. The van der Waals surface area contributed by atoms with Crippen LogP contribution in [0.3, 0.4) is 0 Å². The Balaban J connectivity index is 0.000000517. The Bertz CT molecular complexity index is 1270. The maximum Gasteiger partial charge on any atom is 0.319 e. The molecule has 0 bridgehead atoms. The largest absolute Gasteiger partial charge is 0.348 e. The fraction of sp³-hybridized carbons (Fsp3) is 0.531. The molecule has 0 fully saturated rings. The zero-order valence-electron chi connectivity index (χ0n) is 27.7. The van der Waals surface area contributed by atoms with Crippen molar-refractivity contribution in [1.82, 2.24) is 29.7 Å². The number of carbonyl (C=O) groups is 3. The van der Waals surface area contributed by atoms with E-state index in [1.54, 1.807) is 31.3 Å². The van der Waals surface area contributed by atoms with Gasteiger partial charge in [-0.15, -0.1) is 11.3 Å². The summed E-state index contributed by atoms with van der Waals surface area (Å²) in [5, 5.41) is 7.64. The first-order valence-electron chi connectivity index (χ1n) is 14.9. The van der Waals surface area contributed by atoms with Gasteiger partial charge in [-0.05, 0) is 58.7 Å². The summed E-state index contributed by atoms with van der Waals surface area (Å²) in [6.07, 6.45) is 6.93. The quantitative estimate of drug-likeness (QED) is 0.281. The first-order valence-corrected chi connectivity index (χ1v) is 15.8. The molecule has 0 saturated heterocycles. The van der Waals surface area contributed by atoms with E-state index in [4.69, 9.17) is 0 Å². The third-order valence-corrected chi connectivity index (χ3v) is 6.44. The summed E-state index contributed by atoms with van der Waals surface area (Å²) in [7, 11) is 3.58. The molecule has 4 amide bonds. The van der Waals surface area contributed by atoms with E-state index in [0.29, 0.717) is 16.4 Å². The molecule has 10 nitrogen and oxygen atoms in total. The number of amides is 4. The highest BCUT2D eigenvalue weighted by Crippen LogP contribution is 2.23. The molecular weight excluding hydrogens is 562 g/mol. The fourth-order valence-electron chi connectivity index (χ4n) is 3.63. The van der Waals surface area contributed by atoms with Crippen LogP contribution in [0.25, 0.3) is 11.4 Å². The average molecular weight is 614 g/mol. The predicted octanol–water partition coefficient (Wildman–Crippen LogP) is 6.64. The van der Waals surface area contributed by atoms with Gasteiger partial charge in [0.1, 0.15) is 5.69 Å². The van der Waals surface area contributed by atoms with Gasteiger partial charge in [0.25, 0.3) is 5.91 Å². The van der Waals surface area contributed by atoms with E-state index >= 15 is 0 Å². The van der Waals surface area contributed by atoms with Crippen molar-refractivity contribution in [3.63, 3.8) is 0 Å². The molecule has 0 unspecified atom stereocenters. The molecule has 0 atom stereocenters. The molecule has 0 aliphatic rings. The van der Waals surface area contributed by atoms with Gasteiger partial charge < -0.3 is 25.0 Å². The highest BCUT2D eigenvalue weighted by atomic mass is 32.1. The zero-order valence-corrected chi connectivity index (χ0v) is 28.5. The second-order valence-electron chi connectivity index (χ2n) is 11.3. The van der Waals surface area contributed by atoms with Crippen molar-refractivity contribution in [2.75, 3.05) is 39.0 Å². The molecule has 0 aliphatic heterocycles. The Hall–Kier alpha value is -3.73. The summed E-state index contributed by atoms with van der Waals surface area (Å²) < 4.78 is 1.96. The molecule has 11 heteroatoms. The van der Waals surface area contributed by atoms with E-state index in [1.807, 2.05) is 46.2 Å². The van der Waals surface area contributed by atoms with Gasteiger partial charge in [0.2, 0.25) is 5.91 Å². The highest BCUT2D eigenvalue weighted by Gasteiger charge is 2.16. The molecule has 43 heavy (non-hydrogen) atoms. The van der Waals surface area contributed by atoms with Crippen molar-refractivity contribution in [3.05, 3.63) is 53.3 Å². The lowest BCUT2D eigenvalue weighted by Gasteiger charge is -2.25. The number of hydrogen-bond acceptors (Lipinski definition) is 6. The molecule has 0 saturated carbocycles.